The molecule has 2 rings (SSSR count). The van der Waals surface area contributed by atoms with E-state index in [0.717, 1.165) is 49.6 Å². The minimum absolute atomic E-state index is 0.574. The molecule has 1 aliphatic rings. The Bertz CT molecular complexity index is 494. The number of benzene rings is 1. The Morgan fingerprint density at radius 3 is 2.67 bits per heavy atom. The van der Waals surface area contributed by atoms with Gasteiger partial charge in [0.05, 0.1) is 5.71 Å². The third-order valence-electron chi connectivity index (χ3n) is 3.94. The van der Waals surface area contributed by atoms with Crippen LogP contribution in [0.15, 0.2) is 23.4 Å². The predicted molar refractivity (Wildman–Crippen MR) is 84.6 cm³/mol. The summed E-state index contributed by atoms with van der Waals surface area (Å²) < 4.78 is 5.92. The van der Waals surface area contributed by atoms with Gasteiger partial charge in [-0.15, -0.1) is 0 Å². The first kappa shape index (κ1) is 15.8. The maximum absolute atomic E-state index is 8.96. The van der Waals surface area contributed by atoms with E-state index in [9.17, 15) is 0 Å². The Morgan fingerprint density at radius 1 is 1.29 bits per heavy atom. The molecule has 0 atom stereocenters. The van der Waals surface area contributed by atoms with Gasteiger partial charge >= 0.3 is 0 Å². The molecule has 0 aliphatic carbocycles. The number of nitrogens with zero attached hydrogens (tertiary/aromatic N) is 3. The molecule has 1 aromatic rings. The molecule has 5 heteroatoms. The van der Waals surface area contributed by atoms with E-state index in [4.69, 9.17) is 9.94 Å². The number of oxime groups is 1. The maximum Gasteiger partial charge on any atom is 0.128 e. The van der Waals surface area contributed by atoms with Crippen molar-refractivity contribution in [3.8, 4) is 5.75 Å². The monoisotopic (exact) mass is 291 g/mol. The van der Waals surface area contributed by atoms with Crippen molar-refractivity contribution in [2.24, 2.45) is 5.16 Å². The van der Waals surface area contributed by atoms with E-state index in [0.29, 0.717) is 12.3 Å². The van der Waals surface area contributed by atoms with Crippen molar-refractivity contribution < 1.29 is 9.94 Å². The Hall–Kier alpha value is -1.59. The zero-order valence-corrected chi connectivity index (χ0v) is 13.2. The summed E-state index contributed by atoms with van der Waals surface area (Å²) >= 11 is 0. The molecule has 0 amide bonds. The van der Waals surface area contributed by atoms with E-state index in [-0.39, 0.29) is 0 Å². The number of hydrogen-bond donors (Lipinski definition) is 1. The minimum atomic E-state index is 0.574. The van der Waals surface area contributed by atoms with E-state index < -0.39 is 0 Å². The van der Waals surface area contributed by atoms with Crippen molar-refractivity contribution >= 4 is 5.71 Å². The summed E-state index contributed by atoms with van der Waals surface area (Å²) in [5.41, 5.74) is 2.56. The first-order valence-corrected chi connectivity index (χ1v) is 7.43. The fraction of sp³-hybridized carbons (Fsp3) is 0.562. The highest BCUT2D eigenvalue weighted by molar-refractivity contribution is 6.00. The number of likely N-dealkylation sites (N-methyl/N-ethyl adjacent to an activating group) is 1. The smallest absolute Gasteiger partial charge is 0.128 e. The van der Waals surface area contributed by atoms with Crippen LogP contribution in [0.1, 0.15) is 18.1 Å². The molecule has 1 saturated heterocycles. The van der Waals surface area contributed by atoms with Gasteiger partial charge in [0.2, 0.25) is 0 Å². The molecule has 0 aromatic heterocycles. The van der Waals surface area contributed by atoms with Gasteiger partial charge in [-0.3, -0.25) is 4.90 Å². The Balaban J connectivity index is 1.92. The van der Waals surface area contributed by atoms with Crippen LogP contribution in [0.2, 0.25) is 0 Å². The van der Waals surface area contributed by atoms with Gasteiger partial charge in [0.1, 0.15) is 12.4 Å². The Labute approximate surface area is 126 Å². The quantitative estimate of drug-likeness (QED) is 0.511. The van der Waals surface area contributed by atoms with Crippen molar-refractivity contribution in [3.05, 3.63) is 29.3 Å². The lowest BCUT2D eigenvalue weighted by molar-refractivity contribution is 0.133. The molecule has 0 unspecified atom stereocenters. The molecule has 21 heavy (non-hydrogen) atoms. The highest BCUT2D eigenvalue weighted by Gasteiger charge is 2.14. The number of hydrogen-bond acceptors (Lipinski definition) is 5. The minimum Gasteiger partial charge on any atom is -0.492 e. The normalized spacial score (nSPS) is 18.0. The highest BCUT2D eigenvalue weighted by Crippen LogP contribution is 2.21. The summed E-state index contributed by atoms with van der Waals surface area (Å²) in [7, 11) is 2.16. The summed E-state index contributed by atoms with van der Waals surface area (Å²) in [6.45, 7) is 9.81. The van der Waals surface area contributed by atoms with Gasteiger partial charge in [-0.05, 0) is 38.6 Å². The second-order valence-electron chi connectivity index (χ2n) is 5.68. The predicted octanol–water partition coefficient (Wildman–Crippen LogP) is 1.82. The third kappa shape index (κ3) is 4.44. The maximum atomic E-state index is 8.96. The lowest BCUT2D eigenvalue weighted by Gasteiger charge is -2.32. The van der Waals surface area contributed by atoms with Crippen LogP contribution in [0.4, 0.5) is 0 Å². The fourth-order valence-electron chi connectivity index (χ4n) is 2.46. The third-order valence-corrected chi connectivity index (χ3v) is 3.94. The van der Waals surface area contributed by atoms with E-state index in [1.165, 1.54) is 0 Å². The number of ether oxygens (including phenoxy) is 1. The van der Waals surface area contributed by atoms with Crippen LogP contribution in [-0.4, -0.2) is 67.1 Å². The van der Waals surface area contributed by atoms with Gasteiger partial charge in [0.25, 0.3) is 0 Å². The number of aryl methyl sites for hydroxylation is 1. The van der Waals surface area contributed by atoms with Crippen LogP contribution in [0.3, 0.4) is 0 Å². The molecule has 5 nitrogen and oxygen atoms in total. The molecule has 0 saturated carbocycles. The SMILES string of the molecule is C/C(=N\O)c1ccc(C)cc1OCCN1CCN(C)CC1. The molecule has 1 aliphatic heterocycles. The average Bonchev–Trinajstić information content (AvgIpc) is 2.49. The molecule has 0 bridgehead atoms. The largest absolute Gasteiger partial charge is 0.492 e. The summed E-state index contributed by atoms with van der Waals surface area (Å²) in [6, 6.07) is 5.93. The molecular formula is C16H25N3O2. The topological polar surface area (TPSA) is 48.3 Å². The lowest BCUT2D eigenvalue weighted by atomic mass is 10.1. The molecule has 1 fully saturated rings. The molecule has 1 heterocycles. The fourth-order valence-corrected chi connectivity index (χ4v) is 2.46. The Morgan fingerprint density at radius 2 is 2.00 bits per heavy atom. The van der Waals surface area contributed by atoms with Crippen molar-refractivity contribution in [2.75, 3.05) is 46.4 Å². The van der Waals surface area contributed by atoms with Crippen LogP contribution < -0.4 is 4.74 Å². The Kier molecular flexibility index (Phi) is 5.59. The first-order valence-electron chi connectivity index (χ1n) is 7.43. The van der Waals surface area contributed by atoms with Crippen LogP contribution in [0.5, 0.6) is 5.75 Å². The number of piperazine rings is 1. The van der Waals surface area contributed by atoms with Crippen molar-refractivity contribution in [1.29, 1.82) is 0 Å². The summed E-state index contributed by atoms with van der Waals surface area (Å²) in [5, 5.41) is 12.2. The number of rotatable bonds is 5. The highest BCUT2D eigenvalue weighted by atomic mass is 16.5. The average molecular weight is 291 g/mol. The van der Waals surface area contributed by atoms with Gasteiger partial charge < -0.3 is 14.8 Å². The molecule has 1 aromatic carbocycles. The second kappa shape index (κ2) is 7.43. The van der Waals surface area contributed by atoms with Gasteiger partial charge in [0, 0.05) is 38.3 Å². The zero-order valence-electron chi connectivity index (χ0n) is 13.2. The summed E-state index contributed by atoms with van der Waals surface area (Å²) in [4.78, 5) is 4.76. The van der Waals surface area contributed by atoms with Crippen LogP contribution in [0, 0.1) is 6.92 Å². The molecule has 116 valence electrons. The van der Waals surface area contributed by atoms with Crippen LogP contribution in [0.25, 0.3) is 0 Å². The standard InChI is InChI=1S/C16H25N3O2/c1-13-4-5-15(14(2)17-20)16(12-13)21-11-10-19-8-6-18(3)7-9-19/h4-5,12,20H,6-11H2,1-3H3/b17-14+. The van der Waals surface area contributed by atoms with E-state index in [1.807, 2.05) is 25.1 Å². The molecular weight excluding hydrogens is 266 g/mol. The van der Waals surface area contributed by atoms with Crippen LogP contribution in [-0.2, 0) is 0 Å². The van der Waals surface area contributed by atoms with Crippen molar-refractivity contribution in [1.82, 2.24) is 9.80 Å². The van der Waals surface area contributed by atoms with Crippen molar-refractivity contribution in [3.63, 3.8) is 0 Å². The molecule has 1 N–H and O–H groups in total. The van der Waals surface area contributed by atoms with E-state index in [1.54, 1.807) is 6.92 Å². The van der Waals surface area contributed by atoms with Gasteiger partial charge in [0.15, 0.2) is 0 Å². The molecule has 0 spiro atoms. The summed E-state index contributed by atoms with van der Waals surface area (Å²) in [6.07, 6.45) is 0. The zero-order chi connectivity index (χ0) is 15.2. The van der Waals surface area contributed by atoms with E-state index >= 15 is 0 Å². The molecule has 0 radical (unpaired) electrons. The van der Waals surface area contributed by atoms with Crippen LogP contribution >= 0.6 is 0 Å². The van der Waals surface area contributed by atoms with Gasteiger partial charge in [-0.2, -0.15) is 0 Å². The van der Waals surface area contributed by atoms with Crippen molar-refractivity contribution in [2.45, 2.75) is 13.8 Å². The van der Waals surface area contributed by atoms with Gasteiger partial charge in [-0.1, -0.05) is 11.2 Å². The lowest BCUT2D eigenvalue weighted by Crippen LogP contribution is -2.45. The van der Waals surface area contributed by atoms with E-state index in [2.05, 4.69) is 22.0 Å². The first-order chi connectivity index (χ1) is 10.1. The van der Waals surface area contributed by atoms with Gasteiger partial charge in [-0.25, -0.2) is 0 Å². The summed E-state index contributed by atoms with van der Waals surface area (Å²) in [5.74, 6) is 0.791. The second-order valence-corrected chi connectivity index (χ2v) is 5.68.